The Morgan fingerprint density at radius 2 is 1.88 bits per heavy atom. The lowest BCUT2D eigenvalue weighted by atomic mass is 10.0. The molecule has 3 heterocycles. The van der Waals surface area contributed by atoms with Gasteiger partial charge in [0.25, 0.3) is 0 Å². The number of carbonyl (C=O) groups is 2. The molecule has 1 aromatic rings. The Hall–Kier alpha value is -2.28. The summed E-state index contributed by atoms with van der Waals surface area (Å²) >= 11 is 0. The van der Waals surface area contributed by atoms with Gasteiger partial charge in [0.05, 0.1) is 17.9 Å². The fourth-order valence-electron chi connectivity index (χ4n) is 4.21. The van der Waals surface area contributed by atoms with Crippen molar-refractivity contribution in [2.45, 2.75) is 37.8 Å². The number of anilines is 2. The van der Waals surface area contributed by atoms with E-state index in [9.17, 15) is 9.59 Å². The van der Waals surface area contributed by atoms with Crippen molar-refractivity contribution in [2.75, 3.05) is 43.1 Å². The van der Waals surface area contributed by atoms with Gasteiger partial charge >= 0.3 is 0 Å². The van der Waals surface area contributed by atoms with Crippen molar-refractivity contribution < 1.29 is 14.3 Å². The lowest BCUT2D eigenvalue weighted by molar-refractivity contribution is -0.134. The zero-order valence-electron chi connectivity index (χ0n) is 15.2. The molecule has 7 nitrogen and oxygen atoms in total. The second kappa shape index (κ2) is 7.15. The van der Waals surface area contributed by atoms with Crippen LogP contribution in [0.2, 0.25) is 0 Å². The Kier molecular flexibility index (Phi) is 4.72. The zero-order chi connectivity index (χ0) is 18.1. The van der Waals surface area contributed by atoms with Gasteiger partial charge in [0, 0.05) is 25.6 Å². The van der Waals surface area contributed by atoms with E-state index in [0.717, 1.165) is 43.1 Å². The highest BCUT2D eigenvalue weighted by molar-refractivity contribution is 6.02. The number of nitrogens with zero attached hydrogens (tertiary/aromatic N) is 2. The number of benzene rings is 1. The largest absolute Gasteiger partial charge is 0.487 e. The number of fused-ring (bicyclic) bond motifs is 1. The Morgan fingerprint density at radius 1 is 1.12 bits per heavy atom. The van der Waals surface area contributed by atoms with Crippen LogP contribution in [0.3, 0.4) is 0 Å². The van der Waals surface area contributed by atoms with Gasteiger partial charge in [-0.3, -0.25) is 14.9 Å². The molecule has 7 heteroatoms. The second-order valence-electron chi connectivity index (χ2n) is 7.18. The third kappa shape index (κ3) is 3.11. The van der Waals surface area contributed by atoms with Crippen LogP contribution >= 0.6 is 0 Å². The van der Waals surface area contributed by atoms with Gasteiger partial charge in [0.15, 0.2) is 5.75 Å². The van der Waals surface area contributed by atoms with Gasteiger partial charge in [0.2, 0.25) is 11.8 Å². The number of hydrogen-bond acceptors (Lipinski definition) is 6. The molecule has 2 fully saturated rings. The van der Waals surface area contributed by atoms with Crippen molar-refractivity contribution in [1.82, 2.24) is 10.6 Å². The Labute approximate surface area is 153 Å². The molecule has 3 aliphatic rings. The minimum atomic E-state index is -0.305. The van der Waals surface area contributed by atoms with Crippen molar-refractivity contribution in [1.29, 1.82) is 0 Å². The number of rotatable bonds is 3. The number of nitrogens with one attached hydrogen (secondary N) is 2. The number of amides is 2. The van der Waals surface area contributed by atoms with Crippen LogP contribution < -0.4 is 25.2 Å². The summed E-state index contributed by atoms with van der Waals surface area (Å²) in [5.41, 5.74) is 2.06. The van der Waals surface area contributed by atoms with Gasteiger partial charge in [0.1, 0.15) is 12.6 Å². The van der Waals surface area contributed by atoms with E-state index < -0.39 is 0 Å². The Balaban J connectivity index is 1.59. The van der Waals surface area contributed by atoms with E-state index in [1.54, 1.807) is 0 Å². The van der Waals surface area contributed by atoms with Crippen LogP contribution in [0, 0.1) is 0 Å². The van der Waals surface area contributed by atoms with Crippen molar-refractivity contribution in [2.24, 2.45) is 0 Å². The maximum atomic E-state index is 12.3. The third-order valence-electron chi connectivity index (χ3n) is 5.69. The third-order valence-corrected chi connectivity index (χ3v) is 5.69. The fourth-order valence-corrected chi connectivity index (χ4v) is 4.21. The first-order valence-corrected chi connectivity index (χ1v) is 9.45. The maximum absolute atomic E-state index is 12.3. The predicted molar refractivity (Wildman–Crippen MR) is 99.7 cm³/mol. The van der Waals surface area contributed by atoms with E-state index >= 15 is 0 Å². The first-order chi connectivity index (χ1) is 12.7. The van der Waals surface area contributed by atoms with Gasteiger partial charge < -0.3 is 19.9 Å². The van der Waals surface area contributed by atoms with Crippen LogP contribution in [0.15, 0.2) is 18.2 Å². The molecule has 0 spiro atoms. The lowest BCUT2D eigenvalue weighted by Gasteiger charge is -2.40. The molecule has 0 unspecified atom stereocenters. The van der Waals surface area contributed by atoms with Crippen LogP contribution in [-0.2, 0) is 9.59 Å². The highest BCUT2D eigenvalue weighted by Crippen LogP contribution is 2.42. The normalized spacial score (nSPS) is 24.1. The molecule has 1 atom stereocenters. The fraction of sp³-hybridized carbons (Fsp3) is 0.579. The molecule has 0 radical (unpaired) electrons. The minimum absolute atomic E-state index is 0.180. The van der Waals surface area contributed by atoms with Crippen molar-refractivity contribution in [3.63, 3.8) is 0 Å². The van der Waals surface area contributed by atoms with Crippen LogP contribution in [0.5, 0.6) is 5.75 Å². The summed E-state index contributed by atoms with van der Waals surface area (Å²) in [4.78, 5) is 28.3. The number of carbonyl (C=O) groups excluding carboxylic acids is 2. The molecular formula is C19H26N4O3. The van der Waals surface area contributed by atoms with E-state index in [1.165, 1.54) is 0 Å². The molecule has 0 bridgehead atoms. The van der Waals surface area contributed by atoms with E-state index in [1.807, 2.05) is 19.2 Å². The molecule has 2 N–H and O–H groups in total. The Morgan fingerprint density at radius 3 is 2.62 bits per heavy atom. The molecule has 2 saturated heterocycles. The van der Waals surface area contributed by atoms with E-state index in [4.69, 9.17) is 4.74 Å². The summed E-state index contributed by atoms with van der Waals surface area (Å²) in [5.74, 6) is 0.488. The van der Waals surface area contributed by atoms with Crippen molar-refractivity contribution in [3.05, 3.63) is 18.2 Å². The van der Waals surface area contributed by atoms with Gasteiger partial charge in [-0.05, 0) is 38.4 Å². The molecule has 1 aromatic carbocycles. The van der Waals surface area contributed by atoms with Crippen LogP contribution in [-0.4, -0.2) is 57.2 Å². The summed E-state index contributed by atoms with van der Waals surface area (Å²) in [6.45, 7) is 3.19. The summed E-state index contributed by atoms with van der Waals surface area (Å²) in [7, 11) is 2.02. The first-order valence-electron chi connectivity index (χ1n) is 9.45. The number of imide groups is 1. The topological polar surface area (TPSA) is 73.9 Å². The Bertz CT molecular complexity index is 700. The molecule has 0 saturated carbocycles. The monoisotopic (exact) mass is 358 g/mol. The maximum Gasteiger partial charge on any atom is 0.249 e. The number of para-hydroxylation sites is 1. The summed E-state index contributed by atoms with van der Waals surface area (Å²) in [5, 5.41) is 5.83. The van der Waals surface area contributed by atoms with Crippen molar-refractivity contribution >= 4 is 23.2 Å². The summed E-state index contributed by atoms with van der Waals surface area (Å²) in [6, 6.07) is 6.42. The highest BCUT2D eigenvalue weighted by Gasteiger charge is 2.35. The molecule has 0 aromatic heterocycles. The average Bonchev–Trinajstić information content (AvgIpc) is 2.67. The highest BCUT2D eigenvalue weighted by atomic mass is 16.5. The van der Waals surface area contributed by atoms with Gasteiger partial charge in [-0.15, -0.1) is 0 Å². The first kappa shape index (κ1) is 17.1. The smallest absolute Gasteiger partial charge is 0.249 e. The molecular weight excluding hydrogens is 332 g/mol. The summed E-state index contributed by atoms with van der Waals surface area (Å²) < 4.78 is 6.04. The number of piperidine rings is 2. The van der Waals surface area contributed by atoms with E-state index in [0.29, 0.717) is 32.0 Å². The standard InChI is InChI=1S/C19H26N4O3/c1-20-13-7-9-22(10-8-13)14-3-2-4-15-18(14)26-12-11-23(15)16-5-6-17(24)21-19(16)25/h2-4,13,16,20H,5-12H2,1H3,(H,21,24,25)/t16-/m1/s1. The van der Waals surface area contributed by atoms with E-state index in [-0.39, 0.29) is 17.9 Å². The molecule has 3 aliphatic heterocycles. The summed E-state index contributed by atoms with van der Waals surface area (Å²) in [6.07, 6.45) is 3.16. The SMILES string of the molecule is CNC1CCN(c2cccc3c2OCCN3[C@@H]2CCC(=O)NC2=O)CC1. The van der Waals surface area contributed by atoms with Gasteiger partial charge in [-0.1, -0.05) is 6.07 Å². The van der Waals surface area contributed by atoms with Crippen LogP contribution in [0.1, 0.15) is 25.7 Å². The lowest BCUT2D eigenvalue weighted by Crippen LogP contribution is -2.54. The molecule has 4 rings (SSSR count). The molecule has 140 valence electrons. The van der Waals surface area contributed by atoms with Gasteiger partial charge in [-0.2, -0.15) is 0 Å². The van der Waals surface area contributed by atoms with Crippen molar-refractivity contribution in [3.8, 4) is 5.75 Å². The predicted octanol–water partition coefficient (Wildman–Crippen LogP) is 0.879. The molecule has 0 aliphatic carbocycles. The van der Waals surface area contributed by atoms with Gasteiger partial charge in [-0.25, -0.2) is 0 Å². The zero-order valence-corrected chi connectivity index (χ0v) is 15.2. The minimum Gasteiger partial charge on any atom is -0.487 e. The van der Waals surface area contributed by atoms with Crippen LogP contribution in [0.25, 0.3) is 0 Å². The second-order valence-corrected chi connectivity index (χ2v) is 7.18. The average molecular weight is 358 g/mol. The van der Waals surface area contributed by atoms with E-state index in [2.05, 4.69) is 26.5 Å². The number of ether oxygens (including phenoxy) is 1. The van der Waals surface area contributed by atoms with Crippen LogP contribution in [0.4, 0.5) is 11.4 Å². The quantitative estimate of drug-likeness (QED) is 0.782. The molecule has 2 amide bonds. The molecule has 26 heavy (non-hydrogen) atoms. The number of hydrogen-bond donors (Lipinski definition) is 2.